The summed E-state index contributed by atoms with van der Waals surface area (Å²) in [5, 5.41) is 2.98. The Balaban J connectivity index is 2.05. The van der Waals surface area contributed by atoms with E-state index in [1.54, 1.807) is 18.2 Å². The standard InChI is InChI=1S/C16H16ClFN2O3S/c1-24(22,23)20(15-7-3-5-13(17)11-15)9-8-19-16(21)12-4-2-6-14(18)10-12/h2-7,10-11H,8-9H2,1H3,(H,19,21). The number of sulfonamides is 1. The second-order valence-corrected chi connectivity index (χ2v) is 7.42. The molecule has 2 aromatic carbocycles. The van der Waals surface area contributed by atoms with Crippen molar-refractivity contribution in [2.24, 2.45) is 0 Å². The molecule has 24 heavy (non-hydrogen) atoms. The highest BCUT2D eigenvalue weighted by molar-refractivity contribution is 7.92. The molecule has 2 aromatic rings. The van der Waals surface area contributed by atoms with Crippen molar-refractivity contribution >= 4 is 33.2 Å². The summed E-state index contributed by atoms with van der Waals surface area (Å²) in [5.74, 6) is -0.992. The van der Waals surface area contributed by atoms with E-state index in [1.807, 2.05) is 0 Å². The van der Waals surface area contributed by atoms with Crippen LogP contribution in [0.5, 0.6) is 0 Å². The molecule has 0 radical (unpaired) electrons. The number of nitrogens with one attached hydrogen (secondary N) is 1. The second-order valence-electron chi connectivity index (χ2n) is 5.08. The summed E-state index contributed by atoms with van der Waals surface area (Å²) in [5.41, 5.74) is 0.577. The van der Waals surface area contributed by atoms with Crippen LogP contribution in [0, 0.1) is 5.82 Å². The van der Waals surface area contributed by atoms with Gasteiger partial charge in [-0.1, -0.05) is 23.7 Å². The van der Waals surface area contributed by atoms with Gasteiger partial charge in [0.05, 0.1) is 18.5 Å². The summed E-state index contributed by atoms with van der Waals surface area (Å²) in [6.07, 6.45) is 1.07. The Morgan fingerprint density at radius 3 is 2.54 bits per heavy atom. The molecule has 1 amide bonds. The Bertz CT molecular complexity index is 843. The van der Waals surface area contributed by atoms with Crippen molar-refractivity contribution in [2.45, 2.75) is 0 Å². The molecule has 0 saturated carbocycles. The number of carbonyl (C=O) groups excluding carboxylic acids is 1. The number of rotatable bonds is 6. The fourth-order valence-corrected chi connectivity index (χ4v) is 3.22. The first-order valence-corrected chi connectivity index (χ1v) is 9.27. The van der Waals surface area contributed by atoms with Crippen LogP contribution in [0.15, 0.2) is 48.5 Å². The van der Waals surface area contributed by atoms with Crippen molar-refractivity contribution in [3.05, 3.63) is 64.9 Å². The molecule has 0 aromatic heterocycles. The highest BCUT2D eigenvalue weighted by Crippen LogP contribution is 2.21. The number of anilines is 1. The summed E-state index contributed by atoms with van der Waals surface area (Å²) in [7, 11) is -3.54. The molecule has 0 unspecified atom stereocenters. The van der Waals surface area contributed by atoms with E-state index < -0.39 is 21.7 Å². The van der Waals surface area contributed by atoms with Crippen molar-refractivity contribution < 1.29 is 17.6 Å². The van der Waals surface area contributed by atoms with Crippen LogP contribution in [0.1, 0.15) is 10.4 Å². The lowest BCUT2D eigenvalue weighted by atomic mass is 10.2. The van der Waals surface area contributed by atoms with Gasteiger partial charge in [-0.25, -0.2) is 12.8 Å². The number of benzene rings is 2. The number of halogens is 2. The normalized spacial score (nSPS) is 11.1. The smallest absolute Gasteiger partial charge is 0.251 e. The third-order valence-electron chi connectivity index (χ3n) is 3.18. The molecule has 0 atom stereocenters. The monoisotopic (exact) mass is 370 g/mol. The zero-order valence-electron chi connectivity index (χ0n) is 12.9. The Morgan fingerprint density at radius 1 is 1.21 bits per heavy atom. The van der Waals surface area contributed by atoms with Crippen LogP contribution in [0.3, 0.4) is 0 Å². The molecule has 128 valence electrons. The van der Waals surface area contributed by atoms with Gasteiger partial charge in [-0.15, -0.1) is 0 Å². The fraction of sp³-hybridized carbons (Fsp3) is 0.188. The van der Waals surface area contributed by atoms with Gasteiger partial charge in [0.25, 0.3) is 5.91 Å². The van der Waals surface area contributed by atoms with Gasteiger partial charge in [0.15, 0.2) is 0 Å². The molecule has 0 saturated heterocycles. The summed E-state index contributed by atoms with van der Waals surface area (Å²) < 4.78 is 38.2. The maximum absolute atomic E-state index is 13.1. The van der Waals surface area contributed by atoms with Crippen LogP contribution in [-0.4, -0.2) is 33.7 Å². The van der Waals surface area contributed by atoms with Gasteiger partial charge in [-0.3, -0.25) is 9.10 Å². The van der Waals surface area contributed by atoms with Gasteiger partial charge in [0.1, 0.15) is 5.82 Å². The fourth-order valence-electron chi connectivity index (χ4n) is 2.12. The predicted octanol–water partition coefficient (Wildman–Crippen LogP) is 2.68. The molecular formula is C16H16ClFN2O3S. The molecule has 0 aliphatic rings. The molecule has 2 rings (SSSR count). The lowest BCUT2D eigenvalue weighted by Crippen LogP contribution is -2.38. The number of hydrogen-bond donors (Lipinski definition) is 1. The molecule has 0 spiro atoms. The van der Waals surface area contributed by atoms with E-state index in [4.69, 9.17) is 11.6 Å². The number of nitrogens with zero attached hydrogens (tertiary/aromatic N) is 1. The average molecular weight is 371 g/mol. The predicted molar refractivity (Wildman–Crippen MR) is 92.4 cm³/mol. The highest BCUT2D eigenvalue weighted by atomic mass is 35.5. The van der Waals surface area contributed by atoms with E-state index in [9.17, 15) is 17.6 Å². The van der Waals surface area contributed by atoms with Crippen molar-refractivity contribution in [2.75, 3.05) is 23.7 Å². The van der Waals surface area contributed by atoms with Gasteiger partial charge in [-0.05, 0) is 36.4 Å². The largest absolute Gasteiger partial charge is 0.350 e. The lowest BCUT2D eigenvalue weighted by molar-refractivity contribution is 0.0954. The Hall–Kier alpha value is -2.12. The number of hydrogen-bond acceptors (Lipinski definition) is 3. The molecule has 0 bridgehead atoms. The van der Waals surface area contributed by atoms with Crippen LogP contribution >= 0.6 is 11.6 Å². The van der Waals surface area contributed by atoms with Crippen LogP contribution < -0.4 is 9.62 Å². The van der Waals surface area contributed by atoms with E-state index in [0.717, 1.165) is 16.6 Å². The maximum Gasteiger partial charge on any atom is 0.251 e. The van der Waals surface area contributed by atoms with Crippen molar-refractivity contribution in [1.82, 2.24) is 5.32 Å². The van der Waals surface area contributed by atoms with Crippen LogP contribution in [0.2, 0.25) is 5.02 Å². The van der Waals surface area contributed by atoms with Crippen LogP contribution in [0.25, 0.3) is 0 Å². The number of amides is 1. The van der Waals surface area contributed by atoms with Gasteiger partial charge in [0, 0.05) is 17.1 Å². The van der Waals surface area contributed by atoms with E-state index in [-0.39, 0.29) is 18.7 Å². The maximum atomic E-state index is 13.1. The van der Waals surface area contributed by atoms with Gasteiger partial charge < -0.3 is 5.32 Å². The van der Waals surface area contributed by atoms with E-state index in [1.165, 1.54) is 24.3 Å². The summed E-state index contributed by atoms with van der Waals surface area (Å²) in [6.45, 7) is 0.0924. The molecule has 8 heteroatoms. The van der Waals surface area contributed by atoms with Gasteiger partial charge in [0.2, 0.25) is 10.0 Å². The Labute approximate surface area is 145 Å². The second kappa shape index (κ2) is 7.63. The molecule has 0 aliphatic heterocycles. The molecule has 1 N–H and O–H groups in total. The van der Waals surface area contributed by atoms with Crippen LogP contribution in [-0.2, 0) is 10.0 Å². The third kappa shape index (κ3) is 4.94. The van der Waals surface area contributed by atoms with Gasteiger partial charge >= 0.3 is 0 Å². The highest BCUT2D eigenvalue weighted by Gasteiger charge is 2.18. The van der Waals surface area contributed by atoms with E-state index in [0.29, 0.717) is 10.7 Å². The average Bonchev–Trinajstić information content (AvgIpc) is 2.50. The van der Waals surface area contributed by atoms with E-state index >= 15 is 0 Å². The molecule has 0 aliphatic carbocycles. The quantitative estimate of drug-likeness (QED) is 0.850. The molecular weight excluding hydrogens is 355 g/mol. The first-order chi connectivity index (χ1) is 11.3. The van der Waals surface area contributed by atoms with Gasteiger partial charge in [-0.2, -0.15) is 0 Å². The Kier molecular flexibility index (Phi) is 5.80. The third-order valence-corrected chi connectivity index (χ3v) is 4.61. The minimum Gasteiger partial charge on any atom is -0.350 e. The lowest BCUT2D eigenvalue weighted by Gasteiger charge is -2.22. The SMILES string of the molecule is CS(=O)(=O)N(CCNC(=O)c1cccc(F)c1)c1cccc(Cl)c1. The molecule has 5 nitrogen and oxygen atoms in total. The van der Waals surface area contributed by atoms with Crippen molar-refractivity contribution in [3.63, 3.8) is 0 Å². The summed E-state index contributed by atoms with van der Waals surface area (Å²) >= 11 is 5.89. The summed E-state index contributed by atoms with van der Waals surface area (Å²) in [4.78, 5) is 12.0. The minimum atomic E-state index is -3.54. The number of carbonyl (C=O) groups is 1. The summed E-state index contributed by atoms with van der Waals surface area (Å²) in [6, 6.07) is 11.7. The zero-order valence-corrected chi connectivity index (χ0v) is 14.4. The van der Waals surface area contributed by atoms with Crippen LogP contribution in [0.4, 0.5) is 10.1 Å². The first kappa shape index (κ1) is 18.2. The van der Waals surface area contributed by atoms with E-state index in [2.05, 4.69) is 5.32 Å². The molecule has 0 fully saturated rings. The van der Waals surface area contributed by atoms with Crippen molar-refractivity contribution in [1.29, 1.82) is 0 Å². The Morgan fingerprint density at radius 2 is 1.92 bits per heavy atom. The topological polar surface area (TPSA) is 66.5 Å². The zero-order chi connectivity index (χ0) is 17.7. The minimum absolute atomic E-state index is 0.0280. The van der Waals surface area contributed by atoms with Crippen molar-refractivity contribution in [3.8, 4) is 0 Å². The first-order valence-electron chi connectivity index (χ1n) is 7.04. The molecule has 0 heterocycles.